The first-order chi connectivity index (χ1) is 7.83. The van der Waals surface area contributed by atoms with E-state index in [1.54, 1.807) is 31.7 Å². The van der Waals surface area contributed by atoms with Gasteiger partial charge in [-0.15, -0.1) is 0 Å². The van der Waals surface area contributed by atoms with Crippen molar-refractivity contribution in [1.29, 1.82) is 0 Å². The van der Waals surface area contributed by atoms with Crippen molar-refractivity contribution < 1.29 is 9.53 Å². The van der Waals surface area contributed by atoms with Crippen molar-refractivity contribution in [2.24, 2.45) is 0 Å². The highest BCUT2D eigenvalue weighted by molar-refractivity contribution is 5.97. The number of hydrogen-bond donors (Lipinski definition) is 1. The number of hydrogen-bond acceptors (Lipinski definition) is 3. The van der Waals surface area contributed by atoms with Crippen molar-refractivity contribution in [2.75, 3.05) is 6.61 Å². The van der Waals surface area contributed by atoms with Gasteiger partial charge in [-0.3, -0.25) is 4.98 Å². The Kier molecular flexibility index (Phi) is 3.00. The molecule has 0 fully saturated rings. The normalized spacial score (nSPS) is 10.1. The van der Waals surface area contributed by atoms with E-state index < -0.39 is 0 Å². The summed E-state index contributed by atoms with van der Waals surface area (Å²) in [7, 11) is 0. The van der Waals surface area contributed by atoms with Crippen molar-refractivity contribution in [2.45, 2.75) is 6.92 Å². The van der Waals surface area contributed by atoms with E-state index in [0.717, 1.165) is 11.1 Å². The number of nitrogens with one attached hydrogen (secondary N) is 1. The molecule has 2 heterocycles. The standard InChI is InChI=1S/C12H12N2O2/c1-2-16-12(15)11-8-14-7-10(11)9-3-5-13-6-4-9/h3-8,14H,2H2,1H3. The molecule has 1 N–H and O–H groups in total. The van der Waals surface area contributed by atoms with Gasteiger partial charge in [-0.1, -0.05) is 0 Å². The second-order valence-electron chi connectivity index (χ2n) is 3.24. The molecule has 0 atom stereocenters. The second kappa shape index (κ2) is 4.61. The highest BCUT2D eigenvalue weighted by atomic mass is 16.5. The van der Waals surface area contributed by atoms with Crippen molar-refractivity contribution in [3.8, 4) is 11.1 Å². The fourth-order valence-corrected chi connectivity index (χ4v) is 1.51. The number of carbonyl (C=O) groups is 1. The van der Waals surface area contributed by atoms with Gasteiger partial charge in [0.05, 0.1) is 12.2 Å². The van der Waals surface area contributed by atoms with E-state index in [1.165, 1.54) is 0 Å². The summed E-state index contributed by atoms with van der Waals surface area (Å²) in [5.41, 5.74) is 2.33. The van der Waals surface area contributed by atoms with Gasteiger partial charge in [-0.25, -0.2) is 4.79 Å². The molecule has 4 nitrogen and oxygen atoms in total. The Morgan fingerprint density at radius 2 is 2.12 bits per heavy atom. The smallest absolute Gasteiger partial charge is 0.340 e. The zero-order valence-corrected chi connectivity index (χ0v) is 8.93. The van der Waals surface area contributed by atoms with Crippen LogP contribution in [0.3, 0.4) is 0 Å². The molecule has 2 aromatic heterocycles. The summed E-state index contributed by atoms with van der Waals surface area (Å²) < 4.78 is 4.97. The summed E-state index contributed by atoms with van der Waals surface area (Å²) in [6.45, 7) is 2.16. The van der Waals surface area contributed by atoms with Crippen molar-refractivity contribution >= 4 is 5.97 Å². The molecule has 0 aliphatic heterocycles. The lowest BCUT2D eigenvalue weighted by atomic mass is 10.1. The molecule has 4 heteroatoms. The second-order valence-corrected chi connectivity index (χ2v) is 3.24. The van der Waals surface area contributed by atoms with Crippen LogP contribution >= 0.6 is 0 Å². The maximum Gasteiger partial charge on any atom is 0.340 e. The van der Waals surface area contributed by atoms with Crippen LogP contribution in [-0.2, 0) is 4.74 Å². The molecule has 0 aliphatic carbocycles. The number of pyridine rings is 1. The van der Waals surface area contributed by atoms with Crippen molar-refractivity contribution in [1.82, 2.24) is 9.97 Å². The van der Waals surface area contributed by atoms with E-state index in [-0.39, 0.29) is 5.97 Å². The number of carbonyl (C=O) groups excluding carboxylic acids is 1. The van der Waals surface area contributed by atoms with E-state index in [1.807, 2.05) is 12.1 Å². The third-order valence-corrected chi connectivity index (χ3v) is 2.23. The molecule has 82 valence electrons. The van der Waals surface area contributed by atoms with Crippen LogP contribution in [0.15, 0.2) is 36.9 Å². The monoisotopic (exact) mass is 216 g/mol. The van der Waals surface area contributed by atoms with Crippen molar-refractivity contribution in [3.63, 3.8) is 0 Å². The SMILES string of the molecule is CCOC(=O)c1c[nH]cc1-c1ccncc1. The van der Waals surface area contributed by atoms with E-state index >= 15 is 0 Å². The predicted molar refractivity (Wildman–Crippen MR) is 60.0 cm³/mol. The van der Waals surface area contributed by atoms with E-state index in [4.69, 9.17) is 4.74 Å². The average Bonchev–Trinajstić information content (AvgIpc) is 2.79. The summed E-state index contributed by atoms with van der Waals surface area (Å²) in [4.78, 5) is 18.5. The Balaban J connectivity index is 2.37. The number of aromatic nitrogens is 2. The Labute approximate surface area is 93.3 Å². The molecule has 0 aliphatic rings. The lowest BCUT2D eigenvalue weighted by Gasteiger charge is -2.03. The van der Waals surface area contributed by atoms with Crippen LogP contribution in [0, 0.1) is 0 Å². The van der Waals surface area contributed by atoms with Crippen LogP contribution in [0.1, 0.15) is 17.3 Å². The van der Waals surface area contributed by atoms with Gasteiger partial charge in [-0.05, 0) is 24.6 Å². The molecule has 0 bridgehead atoms. The van der Waals surface area contributed by atoms with Gasteiger partial charge in [0.1, 0.15) is 0 Å². The number of aromatic amines is 1. The molecule has 2 rings (SSSR count). The molecular weight excluding hydrogens is 204 g/mol. The lowest BCUT2D eigenvalue weighted by Crippen LogP contribution is -2.04. The van der Waals surface area contributed by atoms with Gasteiger partial charge in [0.15, 0.2) is 0 Å². The van der Waals surface area contributed by atoms with Crippen molar-refractivity contribution in [3.05, 3.63) is 42.5 Å². The molecule has 0 radical (unpaired) electrons. The highest BCUT2D eigenvalue weighted by Crippen LogP contribution is 2.23. The molecule has 0 spiro atoms. The first kappa shape index (κ1) is 10.4. The minimum Gasteiger partial charge on any atom is -0.462 e. The zero-order chi connectivity index (χ0) is 11.4. The minimum atomic E-state index is -0.310. The molecule has 2 aromatic rings. The summed E-state index contributed by atoms with van der Waals surface area (Å²) >= 11 is 0. The first-order valence-electron chi connectivity index (χ1n) is 5.07. The van der Waals surface area contributed by atoms with Gasteiger partial charge >= 0.3 is 5.97 Å². The summed E-state index contributed by atoms with van der Waals surface area (Å²) in [5, 5.41) is 0. The quantitative estimate of drug-likeness (QED) is 0.800. The van der Waals surface area contributed by atoms with Crippen LogP contribution < -0.4 is 0 Å². The van der Waals surface area contributed by atoms with E-state index in [9.17, 15) is 4.79 Å². The minimum absolute atomic E-state index is 0.310. The van der Waals surface area contributed by atoms with Crippen LogP contribution in [0.2, 0.25) is 0 Å². The fraction of sp³-hybridized carbons (Fsp3) is 0.167. The molecule has 0 saturated carbocycles. The van der Waals surface area contributed by atoms with E-state index in [2.05, 4.69) is 9.97 Å². The van der Waals surface area contributed by atoms with Gasteiger partial charge in [-0.2, -0.15) is 0 Å². The van der Waals surface area contributed by atoms with Crippen LogP contribution in [0.4, 0.5) is 0 Å². The van der Waals surface area contributed by atoms with E-state index in [0.29, 0.717) is 12.2 Å². The maximum absolute atomic E-state index is 11.6. The molecule has 0 amide bonds. The van der Waals surface area contributed by atoms with Gasteiger partial charge in [0.2, 0.25) is 0 Å². The molecule has 0 unspecified atom stereocenters. The van der Waals surface area contributed by atoms with Gasteiger partial charge < -0.3 is 9.72 Å². The summed E-state index contributed by atoms with van der Waals surface area (Å²) in [6, 6.07) is 3.71. The third-order valence-electron chi connectivity index (χ3n) is 2.23. The van der Waals surface area contributed by atoms with Crippen LogP contribution in [0.25, 0.3) is 11.1 Å². The topological polar surface area (TPSA) is 55.0 Å². The average molecular weight is 216 g/mol. The molecule has 0 aromatic carbocycles. The third kappa shape index (κ3) is 1.95. The Morgan fingerprint density at radius 3 is 2.81 bits per heavy atom. The number of esters is 1. The largest absolute Gasteiger partial charge is 0.462 e. The number of ether oxygens (including phenoxy) is 1. The van der Waals surface area contributed by atoms with Crippen LogP contribution in [-0.4, -0.2) is 22.5 Å². The fourth-order valence-electron chi connectivity index (χ4n) is 1.51. The van der Waals surface area contributed by atoms with Gasteiger partial charge in [0, 0.05) is 30.4 Å². The molecular formula is C12H12N2O2. The molecule has 16 heavy (non-hydrogen) atoms. The highest BCUT2D eigenvalue weighted by Gasteiger charge is 2.14. The number of rotatable bonds is 3. The number of H-pyrrole nitrogens is 1. The Bertz CT molecular complexity index is 477. The molecule has 0 saturated heterocycles. The summed E-state index contributed by atoms with van der Waals surface area (Å²) in [5.74, 6) is -0.310. The van der Waals surface area contributed by atoms with Crippen LogP contribution in [0.5, 0.6) is 0 Å². The summed E-state index contributed by atoms with van der Waals surface area (Å²) in [6.07, 6.45) is 6.81. The zero-order valence-electron chi connectivity index (χ0n) is 8.93. The number of nitrogens with zero attached hydrogens (tertiary/aromatic N) is 1. The maximum atomic E-state index is 11.6. The Morgan fingerprint density at radius 1 is 1.38 bits per heavy atom. The first-order valence-corrected chi connectivity index (χ1v) is 5.07. The predicted octanol–water partition coefficient (Wildman–Crippen LogP) is 2.25. The lowest BCUT2D eigenvalue weighted by molar-refractivity contribution is 0.0527. The Hall–Kier alpha value is -2.10. The van der Waals surface area contributed by atoms with Gasteiger partial charge in [0.25, 0.3) is 0 Å².